The summed E-state index contributed by atoms with van der Waals surface area (Å²) in [7, 11) is 0. The zero-order valence-corrected chi connectivity index (χ0v) is 39.1. The molecule has 0 radical (unpaired) electrons. The fourth-order valence-corrected chi connectivity index (χ4v) is 5.17. The van der Waals surface area contributed by atoms with E-state index in [1.165, 1.54) is 24.4 Å². The molecular formula is C46H49Cl3N6O10. The molecule has 3 aromatic carbocycles. The number of imide groups is 1. The zero-order valence-electron chi connectivity index (χ0n) is 36.9. The molecule has 2 heterocycles. The smallest absolute Gasteiger partial charge is 0.424 e. The number of nitrogen functional groups attached to an aromatic ring is 1. The lowest BCUT2D eigenvalue weighted by Crippen LogP contribution is -2.44. The second-order valence-corrected chi connectivity index (χ2v) is 16.7. The minimum atomic E-state index is -0.993. The van der Waals surface area contributed by atoms with Gasteiger partial charge in [0.2, 0.25) is 0 Å². The molecule has 0 unspecified atom stereocenters. The van der Waals surface area contributed by atoms with E-state index in [1.54, 1.807) is 134 Å². The third-order valence-corrected chi connectivity index (χ3v) is 8.06. The van der Waals surface area contributed by atoms with Crippen LogP contribution in [0.25, 0.3) is 0 Å². The first kappa shape index (κ1) is 52.6. The number of ether oxygens (including phenoxy) is 4. The summed E-state index contributed by atoms with van der Waals surface area (Å²) < 4.78 is 21.4. The van der Waals surface area contributed by atoms with Gasteiger partial charge < -0.3 is 35.3 Å². The molecule has 16 nitrogen and oxygen atoms in total. The number of ketones is 2. The number of urea groups is 1. The van der Waals surface area contributed by atoms with Gasteiger partial charge in [-0.2, -0.15) is 4.90 Å². The van der Waals surface area contributed by atoms with Crippen molar-refractivity contribution in [1.82, 2.24) is 9.97 Å². The van der Waals surface area contributed by atoms with Crippen LogP contribution in [0.5, 0.6) is 23.0 Å². The van der Waals surface area contributed by atoms with Crippen molar-refractivity contribution in [3.8, 4) is 23.0 Å². The van der Waals surface area contributed by atoms with Gasteiger partial charge in [-0.05, 0) is 144 Å². The molecular weight excluding hydrogens is 903 g/mol. The molecule has 344 valence electrons. The van der Waals surface area contributed by atoms with Gasteiger partial charge in [-0.15, -0.1) is 0 Å². The van der Waals surface area contributed by atoms with E-state index in [2.05, 4.69) is 43.8 Å². The van der Waals surface area contributed by atoms with Crippen molar-refractivity contribution in [3.63, 3.8) is 0 Å². The Morgan fingerprint density at radius 3 is 1.42 bits per heavy atom. The first-order chi connectivity index (χ1) is 30.5. The predicted octanol–water partition coefficient (Wildman–Crippen LogP) is 13.1. The number of rotatable bonds is 11. The van der Waals surface area contributed by atoms with Gasteiger partial charge >= 0.3 is 22.9 Å². The summed E-state index contributed by atoms with van der Waals surface area (Å²) in [5.74, 6) is 2.11. The molecule has 5 rings (SSSR count). The van der Waals surface area contributed by atoms with Gasteiger partial charge in [0.25, 0.3) is 0 Å². The molecule has 4 amide bonds. The van der Waals surface area contributed by atoms with Crippen molar-refractivity contribution in [3.05, 3.63) is 120 Å². The average molecular weight is 952 g/mol. The number of Topliss-reactive ketones (excluding diaryl/α,β-unsaturated/α-hetero) is 2. The maximum absolute atomic E-state index is 13.0. The molecule has 0 saturated heterocycles. The largest absolute Gasteiger partial charge is 0.457 e. The van der Waals surface area contributed by atoms with E-state index in [1.807, 2.05) is 0 Å². The van der Waals surface area contributed by atoms with E-state index >= 15 is 0 Å². The maximum Gasteiger partial charge on any atom is 0.424 e. The molecule has 0 atom stereocenters. The predicted molar refractivity (Wildman–Crippen MR) is 251 cm³/mol. The Morgan fingerprint density at radius 2 is 1.00 bits per heavy atom. The van der Waals surface area contributed by atoms with Crippen LogP contribution in [0.15, 0.2) is 103 Å². The molecule has 0 saturated carbocycles. The van der Waals surface area contributed by atoms with Crippen molar-refractivity contribution in [1.29, 1.82) is 0 Å². The summed E-state index contributed by atoms with van der Waals surface area (Å²) in [6.07, 6.45) is 1.84. The summed E-state index contributed by atoms with van der Waals surface area (Å²) in [6.45, 7) is 13.5. The van der Waals surface area contributed by atoms with Gasteiger partial charge in [-0.25, -0.2) is 14.4 Å². The summed E-state index contributed by atoms with van der Waals surface area (Å²) in [5, 5.41) is 5.40. The van der Waals surface area contributed by atoms with Crippen LogP contribution in [0.3, 0.4) is 0 Å². The number of carbonyl (C=O) groups is 6. The Hall–Kier alpha value is -6.75. The van der Waals surface area contributed by atoms with E-state index in [-0.39, 0.29) is 28.0 Å². The number of hydrogen-bond acceptors (Lipinski definition) is 13. The fraction of sp³-hybridized carbons (Fsp3) is 0.261. The van der Waals surface area contributed by atoms with Crippen LogP contribution >= 0.6 is 34.8 Å². The number of nitrogens with one attached hydrogen (secondary N) is 2. The van der Waals surface area contributed by atoms with E-state index in [0.717, 1.165) is 0 Å². The molecule has 2 aromatic heterocycles. The molecule has 19 heteroatoms. The SMILES string of the molecule is CCC(=O)c1cc(Oc2ccc(N)cc2)ccn1.CCC(=O)c1cc(Oc2ccc(NC(=O)Nc3ccc(Cl)c(N(C(=O)OC(C)(C)C)C(=O)OC(C)(C)C)c3)cc2)ccn1.O=C(Cl)Cl. The van der Waals surface area contributed by atoms with Crippen LogP contribution in [0.2, 0.25) is 5.02 Å². The molecule has 4 N–H and O–H groups in total. The molecule has 0 bridgehead atoms. The first-order valence-electron chi connectivity index (χ1n) is 19.7. The van der Waals surface area contributed by atoms with Crippen molar-refractivity contribution in [2.45, 2.75) is 79.4 Å². The summed E-state index contributed by atoms with van der Waals surface area (Å²) in [5.41, 5.74) is 5.86. The topological polar surface area (TPSA) is 218 Å². The van der Waals surface area contributed by atoms with Gasteiger partial charge in [-0.3, -0.25) is 24.4 Å². The van der Waals surface area contributed by atoms with Crippen LogP contribution in [-0.4, -0.2) is 55.7 Å². The highest BCUT2D eigenvalue weighted by Crippen LogP contribution is 2.32. The number of pyridine rings is 2. The standard InChI is InChI=1S/C31H35ClN4O7.C14H14N2O2.CCl2O/c1-8-26(37)24-18-22(15-16-33-24)41-21-12-9-19(10-13-21)34-27(38)35-20-11-14-23(32)25(17-20)36(28(39)42-30(2,3)4)29(40)43-31(5,6)7;1-2-14(17)13-9-12(7-8-16-13)18-11-5-3-10(15)4-6-11;2-1(3)4/h9-18H,8H2,1-7H3,(H2,34,35,38);3-9H,2,15H2,1H3;. The van der Waals surface area contributed by atoms with E-state index < -0.39 is 34.1 Å². The Bertz CT molecular complexity index is 2420. The number of carbonyl (C=O) groups excluding carboxylic acids is 6. The van der Waals surface area contributed by atoms with Crippen molar-refractivity contribution < 1.29 is 47.7 Å². The van der Waals surface area contributed by atoms with Gasteiger partial charge in [-0.1, -0.05) is 25.4 Å². The van der Waals surface area contributed by atoms with Crippen molar-refractivity contribution in [2.24, 2.45) is 0 Å². The number of amides is 4. The normalized spacial score (nSPS) is 10.6. The highest BCUT2D eigenvalue weighted by Gasteiger charge is 2.34. The van der Waals surface area contributed by atoms with Gasteiger partial charge in [0.1, 0.15) is 45.6 Å². The highest BCUT2D eigenvalue weighted by atomic mass is 35.5. The van der Waals surface area contributed by atoms with Crippen molar-refractivity contribution >= 4 is 92.0 Å². The molecule has 65 heavy (non-hydrogen) atoms. The number of aromatic nitrogens is 2. The number of hydrogen-bond donors (Lipinski definition) is 3. The van der Waals surface area contributed by atoms with Gasteiger partial charge in [0, 0.05) is 54.4 Å². The van der Waals surface area contributed by atoms with Gasteiger partial charge in [0.05, 0.1) is 10.7 Å². The molecule has 0 aliphatic heterocycles. The van der Waals surface area contributed by atoms with Crippen LogP contribution in [0.1, 0.15) is 89.2 Å². The minimum absolute atomic E-state index is 0.00208. The first-order valence-corrected chi connectivity index (χ1v) is 20.9. The van der Waals surface area contributed by atoms with Gasteiger partial charge in [0.15, 0.2) is 11.6 Å². The van der Waals surface area contributed by atoms with E-state index in [9.17, 15) is 24.0 Å². The number of benzene rings is 3. The third-order valence-electron chi connectivity index (χ3n) is 7.74. The van der Waals surface area contributed by atoms with Crippen LogP contribution in [-0.2, 0) is 9.47 Å². The molecule has 0 aliphatic carbocycles. The third kappa shape index (κ3) is 18.9. The maximum atomic E-state index is 13.0. The quantitative estimate of drug-likeness (QED) is 0.0638. The summed E-state index contributed by atoms with van der Waals surface area (Å²) in [4.78, 5) is 80.0. The zero-order chi connectivity index (χ0) is 48.5. The van der Waals surface area contributed by atoms with Crippen LogP contribution in [0.4, 0.5) is 41.9 Å². The Morgan fingerprint density at radius 1 is 0.600 bits per heavy atom. The lowest BCUT2D eigenvalue weighted by molar-refractivity contribution is 0.0430. The second-order valence-electron chi connectivity index (χ2n) is 15.4. The van der Waals surface area contributed by atoms with Crippen LogP contribution < -0.4 is 30.7 Å². The average Bonchev–Trinajstić information content (AvgIpc) is 3.22. The summed E-state index contributed by atoms with van der Waals surface area (Å²) in [6, 6.07) is 23.9. The lowest BCUT2D eigenvalue weighted by Gasteiger charge is -2.29. The number of nitrogens with two attached hydrogens (primary N) is 1. The molecule has 0 spiro atoms. The second kappa shape index (κ2) is 24.4. The number of nitrogens with zero attached hydrogens (tertiary/aromatic N) is 3. The highest BCUT2D eigenvalue weighted by molar-refractivity contribution is 6.93. The minimum Gasteiger partial charge on any atom is -0.457 e. The van der Waals surface area contributed by atoms with E-state index in [0.29, 0.717) is 63.5 Å². The monoisotopic (exact) mass is 950 g/mol. The summed E-state index contributed by atoms with van der Waals surface area (Å²) >= 11 is 15.2. The Labute approximate surface area is 391 Å². The van der Waals surface area contributed by atoms with E-state index in [4.69, 9.17) is 41.1 Å². The number of anilines is 4. The Balaban J connectivity index is 0.000000419. The fourth-order valence-electron chi connectivity index (χ4n) is 4.97. The lowest BCUT2D eigenvalue weighted by atomic mass is 10.2. The molecule has 5 aromatic rings. The molecule has 0 fully saturated rings. The number of halogens is 3. The molecule has 0 aliphatic rings. The van der Waals surface area contributed by atoms with Crippen LogP contribution in [0, 0.1) is 0 Å². The Kier molecular flexibility index (Phi) is 19.7. The van der Waals surface area contributed by atoms with Crippen molar-refractivity contribution in [2.75, 3.05) is 21.3 Å².